The summed E-state index contributed by atoms with van der Waals surface area (Å²) >= 11 is 0. The Kier molecular flexibility index (Phi) is 3.36. The molecule has 1 amide bonds. The van der Waals surface area contributed by atoms with Gasteiger partial charge in [-0.05, 0) is 18.6 Å². The number of ether oxygens (including phenoxy) is 1. The summed E-state index contributed by atoms with van der Waals surface area (Å²) in [4.78, 5) is 17.9. The lowest BCUT2D eigenvalue weighted by molar-refractivity contribution is 0.0736. The van der Waals surface area contributed by atoms with E-state index in [1.54, 1.807) is 23.2 Å². The fourth-order valence-electron chi connectivity index (χ4n) is 1.70. The number of nitrogen functional groups attached to an aromatic ring is 1. The molecule has 1 saturated heterocycles. The van der Waals surface area contributed by atoms with Gasteiger partial charge in [-0.1, -0.05) is 0 Å². The first-order chi connectivity index (χ1) is 7.79. The van der Waals surface area contributed by atoms with E-state index in [4.69, 9.17) is 10.5 Å². The first-order valence-corrected chi connectivity index (χ1v) is 5.36. The van der Waals surface area contributed by atoms with Crippen molar-refractivity contribution >= 4 is 11.6 Å². The highest BCUT2D eigenvalue weighted by molar-refractivity contribution is 5.97. The van der Waals surface area contributed by atoms with Gasteiger partial charge in [-0.25, -0.2) is 4.98 Å². The third kappa shape index (κ3) is 2.30. The van der Waals surface area contributed by atoms with Crippen molar-refractivity contribution in [1.29, 1.82) is 0 Å². The number of carbonyl (C=O) groups excluding carboxylic acids is 1. The zero-order valence-electron chi connectivity index (χ0n) is 9.06. The molecule has 2 heterocycles. The Labute approximate surface area is 94.2 Å². The minimum Gasteiger partial charge on any atom is -0.397 e. The molecule has 1 aliphatic rings. The number of anilines is 1. The molecule has 5 heteroatoms. The number of hydrogen-bond donors (Lipinski definition) is 1. The molecule has 1 aromatic rings. The van der Waals surface area contributed by atoms with Crippen LogP contribution in [0.5, 0.6) is 0 Å². The van der Waals surface area contributed by atoms with Gasteiger partial charge in [0.25, 0.3) is 5.91 Å². The summed E-state index contributed by atoms with van der Waals surface area (Å²) in [5.74, 6) is -0.108. The van der Waals surface area contributed by atoms with Gasteiger partial charge in [0.1, 0.15) is 0 Å². The minimum absolute atomic E-state index is 0.108. The van der Waals surface area contributed by atoms with Crippen LogP contribution < -0.4 is 5.73 Å². The van der Waals surface area contributed by atoms with E-state index < -0.39 is 0 Å². The zero-order chi connectivity index (χ0) is 11.4. The molecule has 86 valence electrons. The molecule has 0 unspecified atom stereocenters. The molecular weight excluding hydrogens is 206 g/mol. The standard InChI is InChI=1S/C11H15N3O2/c12-9-3-1-4-13-10(9)11(15)14-5-2-7-16-8-6-14/h1,3-4H,2,5-8,12H2. The maximum atomic E-state index is 12.1. The SMILES string of the molecule is Nc1cccnc1C(=O)N1CCCOCC1. The number of carbonyl (C=O) groups is 1. The normalized spacial score (nSPS) is 16.9. The Morgan fingerprint density at radius 1 is 1.44 bits per heavy atom. The van der Waals surface area contributed by atoms with Gasteiger partial charge >= 0.3 is 0 Å². The van der Waals surface area contributed by atoms with Crippen LogP contribution in [0.3, 0.4) is 0 Å². The Morgan fingerprint density at radius 2 is 2.31 bits per heavy atom. The quantitative estimate of drug-likeness (QED) is 0.751. The highest BCUT2D eigenvalue weighted by Crippen LogP contribution is 2.11. The molecule has 0 bridgehead atoms. The average Bonchev–Trinajstić information content (AvgIpc) is 2.57. The van der Waals surface area contributed by atoms with Gasteiger partial charge in [0.2, 0.25) is 0 Å². The van der Waals surface area contributed by atoms with Gasteiger partial charge in [-0.2, -0.15) is 0 Å². The molecule has 1 fully saturated rings. The van der Waals surface area contributed by atoms with E-state index in [-0.39, 0.29) is 5.91 Å². The second kappa shape index (κ2) is 4.94. The van der Waals surface area contributed by atoms with Gasteiger partial charge < -0.3 is 15.4 Å². The van der Waals surface area contributed by atoms with Gasteiger partial charge in [0.05, 0.1) is 12.3 Å². The van der Waals surface area contributed by atoms with E-state index in [0.29, 0.717) is 37.7 Å². The largest absolute Gasteiger partial charge is 0.397 e. The molecule has 1 aromatic heterocycles. The van der Waals surface area contributed by atoms with Crippen LogP contribution in [-0.2, 0) is 4.74 Å². The number of amides is 1. The van der Waals surface area contributed by atoms with Crippen LogP contribution in [0.25, 0.3) is 0 Å². The van der Waals surface area contributed by atoms with Crippen molar-refractivity contribution < 1.29 is 9.53 Å². The van der Waals surface area contributed by atoms with E-state index in [2.05, 4.69) is 4.98 Å². The molecule has 2 N–H and O–H groups in total. The third-order valence-electron chi connectivity index (χ3n) is 2.55. The summed E-state index contributed by atoms with van der Waals surface area (Å²) in [5, 5.41) is 0. The van der Waals surface area contributed by atoms with Crippen LogP contribution in [0.15, 0.2) is 18.3 Å². The van der Waals surface area contributed by atoms with Gasteiger partial charge in [0.15, 0.2) is 5.69 Å². The summed E-state index contributed by atoms with van der Waals surface area (Å²) in [6, 6.07) is 3.41. The van der Waals surface area contributed by atoms with E-state index in [0.717, 1.165) is 6.42 Å². The van der Waals surface area contributed by atoms with Crippen LogP contribution in [0.1, 0.15) is 16.9 Å². The maximum Gasteiger partial charge on any atom is 0.274 e. The molecule has 0 aromatic carbocycles. The first-order valence-electron chi connectivity index (χ1n) is 5.36. The molecular formula is C11H15N3O2. The molecule has 2 rings (SSSR count). The van der Waals surface area contributed by atoms with Gasteiger partial charge in [-0.3, -0.25) is 4.79 Å². The highest BCUT2D eigenvalue weighted by Gasteiger charge is 2.20. The molecule has 0 saturated carbocycles. The lowest BCUT2D eigenvalue weighted by Gasteiger charge is -2.19. The number of nitrogens with two attached hydrogens (primary N) is 1. The van der Waals surface area contributed by atoms with E-state index in [9.17, 15) is 4.79 Å². The second-order valence-corrected chi connectivity index (χ2v) is 3.70. The molecule has 0 aliphatic carbocycles. The molecule has 5 nitrogen and oxygen atoms in total. The summed E-state index contributed by atoms with van der Waals surface area (Å²) < 4.78 is 5.30. The van der Waals surface area contributed by atoms with Crippen molar-refractivity contribution in [1.82, 2.24) is 9.88 Å². The van der Waals surface area contributed by atoms with Gasteiger partial charge in [0, 0.05) is 25.9 Å². The molecule has 0 spiro atoms. The Hall–Kier alpha value is -1.62. The summed E-state index contributed by atoms with van der Waals surface area (Å²) in [7, 11) is 0. The summed E-state index contributed by atoms with van der Waals surface area (Å²) in [5.41, 5.74) is 6.49. The number of nitrogens with zero attached hydrogens (tertiary/aromatic N) is 2. The van der Waals surface area contributed by atoms with Crippen molar-refractivity contribution in [3.8, 4) is 0 Å². The third-order valence-corrected chi connectivity index (χ3v) is 2.55. The number of pyridine rings is 1. The Balaban J connectivity index is 2.14. The van der Waals surface area contributed by atoms with Crippen LogP contribution in [0, 0.1) is 0 Å². The minimum atomic E-state index is -0.108. The van der Waals surface area contributed by atoms with E-state index in [1.165, 1.54) is 0 Å². The van der Waals surface area contributed by atoms with Crippen LogP contribution in [0.4, 0.5) is 5.69 Å². The number of rotatable bonds is 1. The zero-order valence-corrected chi connectivity index (χ0v) is 9.06. The van der Waals surface area contributed by atoms with Gasteiger partial charge in [-0.15, -0.1) is 0 Å². The van der Waals surface area contributed by atoms with Crippen LogP contribution in [-0.4, -0.2) is 42.1 Å². The topological polar surface area (TPSA) is 68.5 Å². The average molecular weight is 221 g/mol. The van der Waals surface area contributed by atoms with Crippen molar-refractivity contribution in [2.24, 2.45) is 0 Å². The summed E-state index contributed by atoms with van der Waals surface area (Å²) in [6.45, 7) is 2.60. The molecule has 16 heavy (non-hydrogen) atoms. The van der Waals surface area contributed by atoms with E-state index >= 15 is 0 Å². The van der Waals surface area contributed by atoms with Crippen molar-refractivity contribution in [2.45, 2.75) is 6.42 Å². The van der Waals surface area contributed by atoms with Crippen molar-refractivity contribution in [3.05, 3.63) is 24.0 Å². The van der Waals surface area contributed by atoms with Crippen LogP contribution >= 0.6 is 0 Å². The monoisotopic (exact) mass is 221 g/mol. The Bertz CT molecular complexity index is 373. The molecule has 0 radical (unpaired) electrons. The fraction of sp³-hybridized carbons (Fsp3) is 0.455. The lowest BCUT2D eigenvalue weighted by Crippen LogP contribution is -2.34. The smallest absolute Gasteiger partial charge is 0.274 e. The molecule has 1 aliphatic heterocycles. The predicted octanol–water partition coefficient (Wildman–Crippen LogP) is 0.526. The van der Waals surface area contributed by atoms with Crippen LogP contribution in [0.2, 0.25) is 0 Å². The summed E-state index contributed by atoms with van der Waals surface area (Å²) in [6.07, 6.45) is 2.44. The molecule has 0 atom stereocenters. The fourth-order valence-corrected chi connectivity index (χ4v) is 1.70. The number of aromatic nitrogens is 1. The maximum absolute atomic E-state index is 12.1. The van der Waals surface area contributed by atoms with Crippen molar-refractivity contribution in [2.75, 3.05) is 32.0 Å². The predicted molar refractivity (Wildman–Crippen MR) is 60.0 cm³/mol. The lowest BCUT2D eigenvalue weighted by atomic mass is 10.2. The Morgan fingerprint density at radius 3 is 3.12 bits per heavy atom. The van der Waals surface area contributed by atoms with Crippen molar-refractivity contribution in [3.63, 3.8) is 0 Å². The van der Waals surface area contributed by atoms with E-state index in [1.807, 2.05) is 0 Å². The highest BCUT2D eigenvalue weighted by atomic mass is 16.5. The first kappa shape index (κ1) is 10.9. The number of hydrogen-bond acceptors (Lipinski definition) is 4. The second-order valence-electron chi connectivity index (χ2n) is 3.70.